The van der Waals surface area contributed by atoms with Crippen LogP contribution in [-0.4, -0.2) is 32.6 Å². The van der Waals surface area contributed by atoms with Crippen LogP contribution >= 0.6 is 22.9 Å². The number of nitrogens with zero attached hydrogens (tertiary/aromatic N) is 2. The van der Waals surface area contributed by atoms with Crippen LogP contribution in [-0.2, 0) is 4.79 Å². The first kappa shape index (κ1) is 13.9. The van der Waals surface area contributed by atoms with E-state index in [1.54, 1.807) is 12.3 Å². The molecule has 0 saturated heterocycles. The minimum absolute atomic E-state index is 0.129. The zero-order valence-electron chi connectivity index (χ0n) is 10.4. The van der Waals surface area contributed by atoms with E-state index in [0.29, 0.717) is 21.5 Å². The van der Waals surface area contributed by atoms with E-state index < -0.39 is 12.0 Å². The standard InChI is InChI=1S/C11H13N3O3S2/c1-3-5(2)7(11(16)17)12-9(15)6-4-18-10-8(6)19-14-13-10/h4-5,7H,3H2,1-2H3,(H,12,15)(H,16,17)/t5-,7-/m0/s1. The Morgan fingerprint density at radius 3 is 2.89 bits per heavy atom. The molecule has 0 saturated carbocycles. The van der Waals surface area contributed by atoms with E-state index in [1.807, 2.05) is 6.92 Å². The van der Waals surface area contributed by atoms with E-state index in [2.05, 4.69) is 14.9 Å². The van der Waals surface area contributed by atoms with Crippen molar-refractivity contribution in [2.75, 3.05) is 0 Å². The Bertz CT molecular complexity index is 607. The fraction of sp³-hybridized carbons (Fsp3) is 0.455. The number of aliphatic carboxylic acids is 1. The quantitative estimate of drug-likeness (QED) is 0.880. The van der Waals surface area contributed by atoms with Gasteiger partial charge in [-0.05, 0) is 17.5 Å². The number of rotatable bonds is 5. The lowest BCUT2D eigenvalue weighted by Crippen LogP contribution is -2.44. The average Bonchev–Trinajstić information content (AvgIpc) is 2.96. The topological polar surface area (TPSA) is 92.2 Å². The summed E-state index contributed by atoms with van der Waals surface area (Å²) in [5.74, 6) is -1.53. The Hall–Kier alpha value is -1.54. The van der Waals surface area contributed by atoms with Gasteiger partial charge in [0.25, 0.3) is 5.91 Å². The van der Waals surface area contributed by atoms with Crippen molar-refractivity contribution in [3.05, 3.63) is 10.9 Å². The van der Waals surface area contributed by atoms with Gasteiger partial charge in [-0.25, -0.2) is 4.79 Å². The summed E-state index contributed by atoms with van der Waals surface area (Å²) < 4.78 is 4.48. The van der Waals surface area contributed by atoms with Gasteiger partial charge in [-0.2, -0.15) is 0 Å². The number of carbonyl (C=O) groups excluding carboxylic acids is 1. The fourth-order valence-electron chi connectivity index (χ4n) is 1.65. The lowest BCUT2D eigenvalue weighted by Gasteiger charge is -2.19. The van der Waals surface area contributed by atoms with Crippen molar-refractivity contribution in [1.29, 1.82) is 0 Å². The number of carboxylic acid groups (broad SMARTS) is 1. The van der Waals surface area contributed by atoms with E-state index in [0.717, 1.165) is 11.5 Å². The van der Waals surface area contributed by atoms with Crippen molar-refractivity contribution in [2.24, 2.45) is 5.92 Å². The van der Waals surface area contributed by atoms with Gasteiger partial charge < -0.3 is 10.4 Å². The molecule has 2 aromatic heterocycles. The molecule has 0 bridgehead atoms. The Balaban J connectivity index is 2.20. The van der Waals surface area contributed by atoms with Crippen LogP contribution in [0.2, 0.25) is 0 Å². The number of thiophene rings is 1. The largest absolute Gasteiger partial charge is 0.480 e. The lowest BCUT2D eigenvalue weighted by atomic mass is 9.99. The van der Waals surface area contributed by atoms with Gasteiger partial charge in [0.15, 0.2) is 4.83 Å². The normalized spacial score (nSPS) is 14.2. The zero-order chi connectivity index (χ0) is 14.0. The highest BCUT2D eigenvalue weighted by Gasteiger charge is 2.27. The highest BCUT2D eigenvalue weighted by Crippen LogP contribution is 2.27. The van der Waals surface area contributed by atoms with Gasteiger partial charge in [-0.15, -0.1) is 16.4 Å². The van der Waals surface area contributed by atoms with Crippen LogP contribution < -0.4 is 5.32 Å². The molecule has 0 aromatic carbocycles. The molecule has 2 atom stereocenters. The van der Waals surface area contributed by atoms with Gasteiger partial charge in [0, 0.05) is 5.38 Å². The summed E-state index contributed by atoms with van der Waals surface area (Å²) in [7, 11) is 0. The molecule has 2 rings (SSSR count). The van der Waals surface area contributed by atoms with E-state index in [9.17, 15) is 9.59 Å². The number of carbonyl (C=O) groups is 2. The fourth-order valence-corrected chi connectivity index (χ4v) is 3.37. The van der Waals surface area contributed by atoms with Crippen molar-refractivity contribution < 1.29 is 14.7 Å². The first-order chi connectivity index (χ1) is 9.04. The molecular weight excluding hydrogens is 286 g/mol. The van der Waals surface area contributed by atoms with Crippen molar-refractivity contribution in [2.45, 2.75) is 26.3 Å². The summed E-state index contributed by atoms with van der Waals surface area (Å²) in [5, 5.41) is 17.3. The van der Waals surface area contributed by atoms with Crippen molar-refractivity contribution >= 4 is 44.3 Å². The summed E-state index contributed by atoms with van der Waals surface area (Å²) >= 11 is 2.47. The molecule has 102 valence electrons. The Labute approximate surface area is 117 Å². The minimum Gasteiger partial charge on any atom is -0.480 e. The third-order valence-electron chi connectivity index (χ3n) is 3.00. The SMILES string of the molecule is CC[C@H](C)[C@H](NC(=O)c1csc2nnsc12)C(=O)O. The number of aromatic nitrogens is 2. The first-order valence-corrected chi connectivity index (χ1v) is 7.43. The molecule has 2 N–H and O–H groups in total. The van der Waals surface area contributed by atoms with Gasteiger partial charge >= 0.3 is 5.97 Å². The summed E-state index contributed by atoms with van der Waals surface area (Å²) in [6.07, 6.45) is 0.679. The van der Waals surface area contributed by atoms with Crippen LogP contribution in [0.5, 0.6) is 0 Å². The number of hydrogen-bond donors (Lipinski definition) is 2. The van der Waals surface area contributed by atoms with Crippen molar-refractivity contribution in [3.63, 3.8) is 0 Å². The molecule has 2 aromatic rings. The summed E-state index contributed by atoms with van der Waals surface area (Å²) in [6, 6.07) is -0.881. The van der Waals surface area contributed by atoms with Gasteiger partial charge in [0.05, 0.1) is 10.3 Å². The molecule has 0 unspecified atom stereocenters. The summed E-state index contributed by atoms with van der Waals surface area (Å²) in [6.45, 7) is 3.69. The highest BCUT2D eigenvalue weighted by molar-refractivity contribution is 7.24. The Morgan fingerprint density at radius 1 is 1.53 bits per heavy atom. The molecule has 0 radical (unpaired) electrons. The molecule has 8 heteroatoms. The molecule has 2 heterocycles. The van der Waals surface area contributed by atoms with Crippen LogP contribution in [0.25, 0.3) is 9.53 Å². The predicted molar refractivity (Wildman–Crippen MR) is 73.6 cm³/mol. The molecule has 19 heavy (non-hydrogen) atoms. The van der Waals surface area contributed by atoms with Crippen LogP contribution in [0.15, 0.2) is 5.38 Å². The summed E-state index contributed by atoms with van der Waals surface area (Å²) in [4.78, 5) is 24.0. The van der Waals surface area contributed by atoms with Crippen LogP contribution in [0, 0.1) is 5.92 Å². The molecule has 0 spiro atoms. The van der Waals surface area contributed by atoms with Crippen molar-refractivity contribution in [3.8, 4) is 0 Å². The Kier molecular flexibility index (Phi) is 4.11. The zero-order valence-corrected chi connectivity index (χ0v) is 12.0. The molecule has 1 amide bonds. The maximum atomic E-state index is 12.1. The van der Waals surface area contributed by atoms with E-state index in [1.165, 1.54) is 11.3 Å². The Morgan fingerprint density at radius 2 is 2.26 bits per heavy atom. The second-order valence-corrected chi connectivity index (χ2v) is 5.84. The summed E-state index contributed by atoms with van der Waals surface area (Å²) in [5.41, 5.74) is 0.449. The van der Waals surface area contributed by atoms with Gasteiger partial charge in [0.1, 0.15) is 6.04 Å². The van der Waals surface area contributed by atoms with Gasteiger partial charge in [-0.1, -0.05) is 24.8 Å². The number of carboxylic acids is 1. The lowest BCUT2D eigenvalue weighted by molar-refractivity contribution is -0.140. The smallest absolute Gasteiger partial charge is 0.326 e. The molecular formula is C11H13N3O3S2. The van der Waals surface area contributed by atoms with Crippen LogP contribution in [0.1, 0.15) is 30.6 Å². The van der Waals surface area contributed by atoms with Crippen molar-refractivity contribution in [1.82, 2.24) is 14.9 Å². The van der Waals surface area contributed by atoms with Crippen LogP contribution in [0.4, 0.5) is 0 Å². The second-order valence-electron chi connectivity index (χ2n) is 4.23. The van der Waals surface area contributed by atoms with E-state index >= 15 is 0 Å². The van der Waals surface area contributed by atoms with E-state index in [4.69, 9.17) is 5.11 Å². The second kappa shape index (κ2) is 5.62. The average molecular weight is 299 g/mol. The third kappa shape index (κ3) is 2.74. The predicted octanol–water partition coefficient (Wildman–Crippen LogP) is 1.98. The molecule has 0 aliphatic heterocycles. The number of fused-ring (bicyclic) bond motifs is 1. The maximum absolute atomic E-state index is 12.1. The number of hydrogen-bond acceptors (Lipinski definition) is 6. The molecule has 0 aliphatic rings. The number of nitrogens with one attached hydrogen (secondary N) is 1. The number of amides is 1. The third-order valence-corrected chi connectivity index (χ3v) is 4.75. The maximum Gasteiger partial charge on any atom is 0.326 e. The van der Waals surface area contributed by atoms with Crippen LogP contribution in [0.3, 0.4) is 0 Å². The molecule has 0 fully saturated rings. The monoisotopic (exact) mass is 299 g/mol. The van der Waals surface area contributed by atoms with Gasteiger partial charge in [0.2, 0.25) is 0 Å². The minimum atomic E-state index is -1.02. The molecule has 0 aliphatic carbocycles. The molecule has 6 nitrogen and oxygen atoms in total. The van der Waals surface area contributed by atoms with Gasteiger partial charge in [-0.3, -0.25) is 4.79 Å². The van der Waals surface area contributed by atoms with E-state index in [-0.39, 0.29) is 11.8 Å². The highest BCUT2D eigenvalue weighted by atomic mass is 32.1. The first-order valence-electron chi connectivity index (χ1n) is 5.77.